The van der Waals surface area contributed by atoms with Gasteiger partial charge in [0.2, 0.25) is 0 Å². The van der Waals surface area contributed by atoms with Crippen molar-refractivity contribution in [2.24, 2.45) is 59.2 Å². The van der Waals surface area contributed by atoms with Crippen molar-refractivity contribution in [2.75, 3.05) is 0 Å². The first-order valence-electron chi connectivity index (χ1n) is 24.5. The molecule has 3 heterocycles. The largest absolute Gasteiger partial charge is 0.374 e. The Morgan fingerprint density at radius 1 is 0.308 bits per heavy atom. The highest BCUT2D eigenvalue weighted by Gasteiger charge is 2.62. The molecule has 0 bridgehead atoms. The molecule has 292 valence electrons. The monoisotopic (exact) mass is 716 g/mol. The number of hydrogen-bond acceptors (Lipinski definition) is 4. The lowest BCUT2D eigenvalue weighted by Gasteiger charge is -2.54. The van der Waals surface area contributed by atoms with E-state index in [0.717, 1.165) is 65.3 Å². The van der Waals surface area contributed by atoms with Crippen molar-refractivity contribution in [3.8, 4) is 0 Å². The maximum Gasteiger partial charge on any atom is 0.0766 e. The summed E-state index contributed by atoms with van der Waals surface area (Å²) < 4.78 is 21.7. The van der Waals surface area contributed by atoms with Crippen LogP contribution in [0.5, 0.6) is 0 Å². The lowest BCUT2D eigenvalue weighted by atomic mass is 9.63. The van der Waals surface area contributed by atoms with Gasteiger partial charge in [0.05, 0.1) is 36.6 Å². The van der Waals surface area contributed by atoms with Gasteiger partial charge in [0.25, 0.3) is 0 Å². The van der Waals surface area contributed by atoms with Crippen LogP contribution in [-0.4, -0.2) is 59.6 Å². The molecular formula is C48H77NO3. The summed E-state index contributed by atoms with van der Waals surface area (Å²) in [4.78, 5) is 3.35. The highest BCUT2D eigenvalue weighted by molar-refractivity contribution is 5.11. The van der Waals surface area contributed by atoms with Crippen molar-refractivity contribution in [1.82, 2.24) is 4.90 Å². The molecule has 0 amide bonds. The fraction of sp³-hybridized carbons (Fsp3) is 1.00. The molecule has 0 radical (unpaired) electrons. The minimum Gasteiger partial charge on any atom is -0.374 e. The second-order valence-electron chi connectivity index (χ2n) is 21.5. The average molecular weight is 716 g/mol. The van der Waals surface area contributed by atoms with Crippen LogP contribution in [0, 0.1) is 59.2 Å². The van der Waals surface area contributed by atoms with Gasteiger partial charge in [0, 0.05) is 30.0 Å². The summed E-state index contributed by atoms with van der Waals surface area (Å²) in [6.45, 7) is 0. The van der Waals surface area contributed by atoms with Crippen LogP contribution in [0.3, 0.4) is 0 Å². The van der Waals surface area contributed by atoms with E-state index in [-0.39, 0.29) is 0 Å². The number of hydrogen-bond donors (Lipinski definition) is 0. The quantitative estimate of drug-likeness (QED) is 0.284. The van der Waals surface area contributed by atoms with E-state index >= 15 is 0 Å². The highest BCUT2D eigenvalue weighted by Crippen LogP contribution is 2.59. The van der Waals surface area contributed by atoms with Gasteiger partial charge in [-0.15, -0.1) is 0 Å². The number of fused-ring (bicyclic) bond motifs is 10. The third-order valence-electron chi connectivity index (χ3n) is 19.4. The predicted molar refractivity (Wildman–Crippen MR) is 208 cm³/mol. The SMILES string of the molecule is C1CCC(C2CCCC(C3CCC(N(C4CCCC5C6CCC7OC8CCCCC8C7C6OC54)C4CCCC5OC6CCCCC6C54)CC3)C2)CC1. The van der Waals surface area contributed by atoms with E-state index in [0.29, 0.717) is 48.6 Å². The van der Waals surface area contributed by atoms with Gasteiger partial charge >= 0.3 is 0 Å². The molecule has 11 fully saturated rings. The molecule has 11 rings (SSSR count). The minimum atomic E-state index is 0.474. The molecule has 16 unspecified atom stereocenters. The van der Waals surface area contributed by atoms with Gasteiger partial charge in [0.1, 0.15) is 0 Å². The molecule has 3 saturated heterocycles. The molecule has 0 spiro atoms. The summed E-state index contributed by atoms with van der Waals surface area (Å²) in [5, 5.41) is 0. The van der Waals surface area contributed by atoms with Gasteiger partial charge in [-0.25, -0.2) is 0 Å². The van der Waals surface area contributed by atoms with Crippen LogP contribution in [0.4, 0.5) is 0 Å². The molecule has 3 aliphatic heterocycles. The van der Waals surface area contributed by atoms with E-state index in [4.69, 9.17) is 14.2 Å². The second-order valence-corrected chi connectivity index (χ2v) is 21.5. The molecule has 16 atom stereocenters. The molecule has 52 heavy (non-hydrogen) atoms. The maximum atomic E-state index is 7.76. The predicted octanol–water partition coefficient (Wildman–Crippen LogP) is 11.3. The van der Waals surface area contributed by atoms with Crippen molar-refractivity contribution in [3.05, 3.63) is 0 Å². The third kappa shape index (κ3) is 6.17. The highest BCUT2D eigenvalue weighted by atomic mass is 16.5. The van der Waals surface area contributed by atoms with Crippen LogP contribution in [0.1, 0.15) is 186 Å². The van der Waals surface area contributed by atoms with Gasteiger partial charge in [-0.05, 0) is 150 Å². The van der Waals surface area contributed by atoms with Crippen LogP contribution in [-0.2, 0) is 14.2 Å². The van der Waals surface area contributed by atoms with E-state index in [2.05, 4.69) is 4.90 Å². The zero-order valence-electron chi connectivity index (χ0n) is 33.1. The van der Waals surface area contributed by atoms with Gasteiger partial charge in [-0.3, -0.25) is 4.90 Å². The summed E-state index contributed by atoms with van der Waals surface area (Å²) in [5.41, 5.74) is 0. The molecule has 4 heteroatoms. The van der Waals surface area contributed by atoms with Crippen LogP contribution in [0.2, 0.25) is 0 Å². The van der Waals surface area contributed by atoms with E-state index in [1.807, 2.05) is 0 Å². The summed E-state index contributed by atoms with van der Waals surface area (Å²) in [6, 6.07) is 2.16. The zero-order chi connectivity index (χ0) is 34.2. The molecule has 0 N–H and O–H groups in total. The van der Waals surface area contributed by atoms with E-state index in [1.165, 1.54) is 154 Å². The molecule has 4 nitrogen and oxygen atoms in total. The van der Waals surface area contributed by atoms with Crippen molar-refractivity contribution >= 4 is 0 Å². The van der Waals surface area contributed by atoms with Crippen LogP contribution in [0.25, 0.3) is 0 Å². The molecule has 0 aromatic rings. The first-order chi connectivity index (χ1) is 25.8. The molecule has 8 saturated carbocycles. The summed E-state index contributed by atoms with van der Waals surface area (Å²) >= 11 is 0. The number of nitrogens with zero attached hydrogens (tertiary/aromatic N) is 1. The molecule has 11 aliphatic rings. The Hall–Kier alpha value is -0.160. The average Bonchev–Trinajstić information content (AvgIpc) is 3.90. The Morgan fingerprint density at radius 2 is 0.846 bits per heavy atom. The Bertz CT molecular complexity index is 1210. The first kappa shape index (κ1) is 35.0. The number of ether oxygens (including phenoxy) is 3. The molecular weight excluding hydrogens is 639 g/mol. The van der Waals surface area contributed by atoms with Crippen LogP contribution >= 0.6 is 0 Å². The fourth-order valence-electron chi connectivity index (χ4n) is 17.4. The Labute approximate surface area is 318 Å². The normalized spacial score (nSPS) is 53.7. The molecule has 0 aromatic carbocycles. The van der Waals surface area contributed by atoms with Gasteiger partial charge < -0.3 is 14.2 Å². The Balaban J connectivity index is 0.858. The van der Waals surface area contributed by atoms with Crippen molar-refractivity contribution in [1.29, 1.82) is 0 Å². The zero-order valence-corrected chi connectivity index (χ0v) is 33.1. The minimum absolute atomic E-state index is 0.474. The molecule has 8 aliphatic carbocycles. The Morgan fingerprint density at radius 3 is 1.62 bits per heavy atom. The maximum absolute atomic E-state index is 7.76. The smallest absolute Gasteiger partial charge is 0.0766 e. The second kappa shape index (κ2) is 15.0. The van der Waals surface area contributed by atoms with Crippen molar-refractivity contribution in [3.63, 3.8) is 0 Å². The Kier molecular flexibility index (Phi) is 10.1. The van der Waals surface area contributed by atoms with Crippen LogP contribution in [0.15, 0.2) is 0 Å². The number of rotatable bonds is 5. The lowest BCUT2D eigenvalue weighted by molar-refractivity contribution is -0.115. The van der Waals surface area contributed by atoms with Gasteiger partial charge in [-0.2, -0.15) is 0 Å². The van der Waals surface area contributed by atoms with Gasteiger partial charge in [-0.1, -0.05) is 83.5 Å². The fourth-order valence-corrected chi connectivity index (χ4v) is 17.4. The van der Waals surface area contributed by atoms with Crippen molar-refractivity contribution in [2.45, 2.75) is 241 Å². The topological polar surface area (TPSA) is 30.9 Å². The standard InChI is InChI=1S/C48H77NO3/c1-2-11-30(12-3-1)32-13-8-14-33(29-32)31-23-25-34(26-24-31)49(39-18-10-22-43-45(39)37-15-4-6-20-41(37)50-43)40-19-9-17-35-36-27-28-44-46(48(36)52-47(35)40)38-16-5-7-21-42(38)51-44/h30-48H,1-29H2. The van der Waals surface area contributed by atoms with E-state index in [1.54, 1.807) is 32.1 Å². The van der Waals surface area contributed by atoms with E-state index in [9.17, 15) is 0 Å². The lowest BCUT2D eigenvalue weighted by Crippen LogP contribution is -2.61. The third-order valence-corrected chi connectivity index (χ3v) is 19.4. The summed E-state index contributed by atoms with van der Waals surface area (Å²) in [7, 11) is 0. The van der Waals surface area contributed by atoms with Crippen molar-refractivity contribution < 1.29 is 14.2 Å². The summed E-state index contributed by atoms with van der Waals surface area (Å²) in [6.07, 6.45) is 45.2. The van der Waals surface area contributed by atoms with E-state index < -0.39 is 0 Å². The first-order valence-corrected chi connectivity index (χ1v) is 24.5. The van der Waals surface area contributed by atoms with Crippen LogP contribution < -0.4 is 0 Å². The van der Waals surface area contributed by atoms with Gasteiger partial charge in [0.15, 0.2) is 0 Å². The molecule has 0 aromatic heterocycles. The summed E-state index contributed by atoms with van der Waals surface area (Å²) in [5.74, 6) is 8.86.